The molecule has 0 aliphatic heterocycles. The van der Waals surface area contributed by atoms with Crippen molar-refractivity contribution in [3.8, 4) is 5.69 Å². The molecule has 150 valence electrons. The minimum Gasteiger partial charge on any atom is -0.385 e. The van der Waals surface area contributed by atoms with Gasteiger partial charge in [-0.05, 0) is 96.3 Å². The van der Waals surface area contributed by atoms with Crippen LogP contribution in [0, 0.1) is 17.2 Å². The summed E-state index contributed by atoms with van der Waals surface area (Å²) in [6, 6.07) is 8.52. The lowest BCUT2D eigenvalue weighted by Gasteiger charge is -2.51. The van der Waals surface area contributed by atoms with Gasteiger partial charge in [0.05, 0.1) is 23.2 Å². The van der Waals surface area contributed by atoms with E-state index in [1.807, 2.05) is 29.2 Å². The summed E-state index contributed by atoms with van der Waals surface area (Å²) in [7, 11) is 0. The molecule has 3 unspecified atom stereocenters. The second kappa shape index (κ2) is 6.64. The first kappa shape index (κ1) is 18.8. The number of nitrogens with zero attached hydrogens (tertiary/aromatic N) is 2. The summed E-state index contributed by atoms with van der Waals surface area (Å²) in [4.78, 5) is 0. The van der Waals surface area contributed by atoms with Crippen molar-refractivity contribution < 1.29 is 9.50 Å². The fourth-order valence-corrected chi connectivity index (χ4v) is 6.25. The van der Waals surface area contributed by atoms with Gasteiger partial charge in [-0.2, -0.15) is 16.4 Å². The van der Waals surface area contributed by atoms with Crippen molar-refractivity contribution in [1.82, 2.24) is 9.78 Å². The van der Waals surface area contributed by atoms with E-state index in [9.17, 15) is 9.50 Å². The van der Waals surface area contributed by atoms with Crippen molar-refractivity contribution >= 4 is 17.4 Å². The number of halogens is 1. The van der Waals surface area contributed by atoms with Crippen LogP contribution in [0.25, 0.3) is 11.8 Å². The molecule has 29 heavy (non-hydrogen) atoms. The Morgan fingerprint density at radius 2 is 2.07 bits per heavy atom. The van der Waals surface area contributed by atoms with Gasteiger partial charge in [0.15, 0.2) is 0 Å². The number of benzene rings is 1. The van der Waals surface area contributed by atoms with E-state index in [2.05, 4.69) is 23.5 Å². The maximum Gasteiger partial charge on any atom is 0.123 e. The van der Waals surface area contributed by atoms with Gasteiger partial charge in [-0.3, -0.25) is 0 Å². The third-order valence-electron chi connectivity index (χ3n) is 7.05. The quantitative estimate of drug-likeness (QED) is 0.601. The largest absolute Gasteiger partial charge is 0.385 e. The molecule has 3 nitrogen and oxygen atoms in total. The molecule has 3 atom stereocenters. The highest BCUT2D eigenvalue weighted by atomic mass is 32.1. The van der Waals surface area contributed by atoms with Gasteiger partial charge in [0.1, 0.15) is 5.82 Å². The highest BCUT2D eigenvalue weighted by molar-refractivity contribution is 7.08. The number of thiophene rings is 1. The normalized spacial score (nSPS) is 25.7. The number of fused-ring (bicyclic) bond motifs is 2. The van der Waals surface area contributed by atoms with Crippen molar-refractivity contribution in [3.05, 3.63) is 75.5 Å². The zero-order chi connectivity index (χ0) is 20.2. The SMILES string of the molecule is CC12Cc3cnn(-c4ccc(F)cc4)c3C=C1CCCC2C(C)(O)c1ccsc1. The minimum absolute atomic E-state index is 0.104. The molecule has 2 aliphatic carbocycles. The predicted octanol–water partition coefficient (Wildman–Crippen LogP) is 5.73. The topological polar surface area (TPSA) is 38.0 Å². The molecular weight excluding hydrogens is 383 g/mol. The van der Waals surface area contributed by atoms with Gasteiger partial charge >= 0.3 is 0 Å². The van der Waals surface area contributed by atoms with E-state index in [1.165, 1.54) is 23.3 Å². The lowest BCUT2D eigenvalue weighted by molar-refractivity contribution is -0.0656. The first-order valence-corrected chi connectivity index (χ1v) is 11.1. The summed E-state index contributed by atoms with van der Waals surface area (Å²) in [5.74, 6) is -0.0987. The van der Waals surface area contributed by atoms with Crippen LogP contribution < -0.4 is 0 Å². The number of aliphatic hydroxyl groups is 1. The minimum atomic E-state index is -0.862. The number of aromatic nitrogens is 2. The van der Waals surface area contributed by atoms with Crippen molar-refractivity contribution in [2.24, 2.45) is 11.3 Å². The second-order valence-corrected chi connectivity index (χ2v) is 9.59. The molecule has 5 rings (SSSR count). The van der Waals surface area contributed by atoms with Gasteiger partial charge < -0.3 is 5.11 Å². The molecule has 1 N–H and O–H groups in total. The fraction of sp³-hybridized carbons (Fsp3) is 0.375. The van der Waals surface area contributed by atoms with Crippen LogP contribution in [0.1, 0.15) is 49.9 Å². The first-order valence-electron chi connectivity index (χ1n) is 10.2. The summed E-state index contributed by atoms with van der Waals surface area (Å²) < 4.78 is 15.3. The average molecular weight is 409 g/mol. The number of allylic oxidation sites excluding steroid dienone is 1. The van der Waals surface area contributed by atoms with Crippen LogP contribution in [0.15, 0.2) is 52.9 Å². The maximum absolute atomic E-state index is 13.3. The zero-order valence-electron chi connectivity index (χ0n) is 16.7. The highest BCUT2D eigenvalue weighted by Gasteiger charge is 2.51. The van der Waals surface area contributed by atoms with Crippen LogP contribution in [-0.4, -0.2) is 14.9 Å². The Balaban J connectivity index is 1.56. The van der Waals surface area contributed by atoms with Crippen LogP contribution >= 0.6 is 11.3 Å². The van der Waals surface area contributed by atoms with Crippen LogP contribution in [0.2, 0.25) is 0 Å². The van der Waals surface area contributed by atoms with Gasteiger partial charge in [-0.1, -0.05) is 12.5 Å². The zero-order valence-corrected chi connectivity index (χ0v) is 17.5. The first-order chi connectivity index (χ1) is 13.9. The smallest absolute Gasteiger partial charge is 0.123 e. The van der Waals surface area contributed by atoms with Crippen molar-refractivity contribution in [3.63, 3.8) is 0 Å². The third kappa shape index (κ3) is 2.90. The van der Waals surface area contributed by atoms with E-state index < -0.39 is 5.60 Å². The van der Waals surface area contributed by atoms with E-state index >= 15 is 0 Å². The molecule has 2 aromatic heterocycles. The van der Waals surface area contributed by atoms with Gasteiger partial charge in [-0.15, -0.1) is 0 Å². The molecule has 0 bridgehead atoms. The monoisotopic (exact) mass is 408 g/mol. The molecule has 0 spiro atoms. The maximum atomic E-state index is 13.3. The van der Waals surface area contributed by atoms with Crippen LogP contribution in [0.5, 0.6) is 0 Å². The van der Waals surface area contributed by atoms with Crippen molar-refractivity contribution in [1.29, 1.82) is 0 Å². The number of hydrogen-bond donors (Lipinski definition) is 1. The second-order valence-electron chi connectivity index (χ2n) is 8.81. The molecule has 5 heteroatoms. The predicted molar refractivity (Wildman–Crippen MR) is 115 cm³/mol. The summed E-state index contributed by atoms with van der Waals surface area (Å²) in [6.07, 6.45) is 8.19. The van der Waals surface area contributed by atoms with Crippen molar-refractivity contribution in [2.75, 3.05) is 0 Å². The molecule has 0 saturated heterocycles. The summed E-state index contributed by atoms with van der Waals surface area (Å²) >= 11 is 1.63. The van der Waals surface area contributed by atoms with E-state index in [1.54, 1.807) is 23.5 Å². The van der Waals surface area contributed by atoms with Gasteiger partial charge in [0.25, 0.3) is 0 Å². The molecule has 1 saturated carbocycles. The highest BCUT2D eigenvalue weighted by Crippen LogP contribution is 2.56. The summed E-state index contributed by atoms with van der Waals surface area (Å²) in [5.41, 5.74) is 4.58. The van der Waals surface area contributed by atoms with Crippen LogP contribution in [0.4, 0.5) is 4.39 Å². The Labute approximate surface area is 174 Å². The van der Waals surface area contributed by atoms with Crippen LogP contribution in [0.3, 0.4) is 0 Å². The lowest BCUT2D eigenvalue weighted by atomic mass is 9.55. The van der Waals surface area contributed by atoms with E-state index in [4.69, 9.17) is 0 Å². The van der Waals surface area contributed by atoms with Gasteiger partial charge in [0.2, 0.25) is 0 Å². The molecule has 2 aliphatic rings. The summed E-state index contributed by atoms with van der Waals surface area (Å²) in [6.45, 7) is 4.28. The Morgan fingerprint density at radius 3 is 2.79 bits per heavy atom. The molecule has 1 aromatic carbocycles. The average Bonchev–Trinajstić information content (AvgIpc) is 3.36. The Kier molecular flexibility index (Phi) is 4.30. The molecule has 0 amide bonds. The standard InChI is InChI=1S/C24H25FN2OS/c1-23-13-16-14-26-27(20-8-6-19(25)7-9-20)21(16)12-17(23)4-3-5-22(23)24(2,28)18-10-11-29-15-18/h6-12,14-15,22,28H,3-5,13H2,1-2H3. The Bertz CT molecular complexity index is 1070. The van der Waals surface area contributed by atoms with Crippen LogP contribution in [-0.2, 0) is 12.0 Å². The van der Waals surface area contributed by atoms with E-state index in [0.717, 1.165) is 42.6 Å². The molecule has 2 heterocycles. The van der Waals surface area contributed by atoms with Gasteiger partial charge in [0, 0.05) is 5.92 Å². The number of rotatable bonds is 3. The summed E-state index contributed by atoms with van der Waals surface area (Å²) in [5, 5.41) is 20.3. The Hall–Kier alpha value is -2.24. The fourth-order valence-electron chi connectivity index (χ4n) is 5.48. The van der Waals surface area contributed by atoms with E-state index in [0.29, 0.717) is 0 Å². The molecular formula is C24H25FN2OS. The molecule has 1 fully saturated rings. The van der Waals surface area contributed by atoms with E-state index in [-0.39, 0.29) is 17.2 Å². The Morgan fingerprint density at radius 1 is 1.28 bits per heavy atom. The molecule has 3 aromatic rings. The van der Waals surface area contributed by atoms with Gasteiger partial charge in [-0.25, -0.2) is 9.07 Å². The van der Waals surface area contributed by atoms with Crippen molar-refractivity contribution in [2.45, 2.75) is 45.1 Å². The lowest BCUT2D eigenvalue weighted by Crippen LogP contribution is -2.47. The third-order valence-corrected chi connectivity index (χ3v) is 7.74. The molecule has 0 radical (unpaired) electrons. The number of hydrogen-bond acceptors (Lipinski definition) is 3.